The zero-order valence-corrected chi connectivity index (χ0v) is 15.8. The van der Waals surface area contributed by atoms with E-state index >= 15 is 0 Å². The lowest BCUT2D eigenvalue weighted by atomic mass is 9.77. The number of quaternary nitrogens is 1. The van der Waals surface area contributed by atoms with Crippen molar-refractivity contribution < 1.29 is 30.2 Å². The highest BCUT2D eigenvalue weighted by molar-refractivity contribution is 6.43. The number of rotatable bonds is 5. The van der Waals surface area contributed by atoms with E-state index in [9.17, 15) is 24.4 Å². The molecule has 0 aromatic carbocycles. The molecular weight excluding hydrogens is 351 g/mol. The predicted octanol–water partition coefficient (Wildman–Crippen LogP) is -2.35. The van der Waals surface area contributed by atoms with Gasteiger partial charge in [-0.1, -0.05) is 6.92 Å². The molecular formula is C17H30BN4O5+. The smallest absolute Gasteiger partial charge is 0.426 e. The van der Waals surface area contributed by atoms with Crippen LogP contribution < -0.4 is 11.1 Å². The maximum Gasteiger partial charge on any atom is 0.475 e. The SMILES string of the molecule is CCC(NC(=O)C1CCC2CCC([NH3+])C(=O)N21)C(=O)N1CCCC1B(O)O. The highest BCUT2D eigenvalue weighted by atomic mass is 16.4. The van der Waals surface area contributed by atoms with Gasteiger partial charge in [-0.05, 0) is 38.5 Å². The molecule has 3 aliphatic heterocycles. The van der Waals surface area contributed by atoms with Crippen molar-refractivity contribution in [1.82, 2.24) is 15.1 Å². The van der Waals surface area contributed by atoms with Crippen LogP contribution >= 0.6 is 0 Å². The minimum atomic E-state index is -1.58. The van der Waals surface area contributed by atoms with Gasteiger partial charge in [0.15, 0.2) is 6.04 Å². The first-order chi connectivity index (χ1) is 12.8. The summed E-state index contributed by atoms with van der Waals surface area (Å²) in [7, 11) is -1.58. The summed E-state index contributed by atoms with van der Waals surface area (Å²) in [5.74, 6) is -1.31. The number of piperidine rings is 1. The van der Waals surface area contributed by atoms with E-state index in [1.54, 1.807) is 11.8 Å². The normalized spacial score (nSPS) is 31.6. The Labute approximate surface area is 159 Å². The van der Waals surface area contributed by atoms with Crippen LogP contribution in [-0.4, -0.2) is 81.3 Å². The first-order valence-corrected chi connectivity index (χ1v) is 9.97. The fraction of sp³-hybridized carbons (Fsp3) is 0.824. The molecule has 3 aliphatic rings. The van der Waals surface area contributed by atoms with Gasteiger partial charge >= 0.3 is 7.12 Å². The van der Waals surface area contributed by atoms with E-state index in [-0.39, 0.29) is 29.8 Å². The molecule has 0 aromatic rings. The number of hydrogen-bond donors (Lipinski definition) is 4. The molecule has 6 N–H and O–H groups in total. The molecule has 0 aromatic heterocycles. The lowest BCUT2D eigenvalue weighted by Crippen LogP contribution is -2.71. The number of amides is 3. The Morgan fingerprint density at radius 3 is 2.63 bits per heavy atom. The second-order valence-corrected chi connectivity index (χ2v) is 7.89. The van der Waals surface area contributed by atoms with Gasteiger partial charge in [0, 0.05) is 19.0 Å². The largest absolute Gasteiger partial charge is 0.475 e. The third kappa shape index (κ3) is 3.83. The van der Waals surface area contributed by atoms with E-state index in [2.05, 4.69) is 11.1 Å². The zero-order chi connectivity index (χ0) is 19.7. The quantitative estimate of drug-likeness (QED) is 0.395. The first-order valence-electron chi connectivity index (χ1n) is 9.97. The van der Waals surface area contributed by atoms with Gasteiger partial charge in [0.2, 0.25) is 11.8 Å². The van der Waals surface area contributed by atoms with Crippen molar-refractivity contribution in [3.63, 3.8) is 0 Å². The van der Waals surface area contributed by atoms with Crippen molar-refractivity contribution in [3.05, 3.63) is 0 Å². The van der Waals surface area contributed by atoms with Gasteiger partial charge in [-0.2, -0.15) is 0 Å². The highest BCUT2D eigenvalue weighted by Crippen LogP contribution is 2.32. The number of nitrogens with one attached hydrogen (secondary N) is 1. The molecule has 3 heterocycles. The van der Waals surface area contributed by atoms with E-state index in [1.165, 1.54) is 4.90 Å². The summed E-state index contributed by atoms with van der Waals surface area (Å²) < 4.78 is 0. The molecule has 5 atom stereocenters. The van der Waals surface area contributed by atoms with Crippen LogP contribution in [0.15, 0.2) is 0 Å². The van der Waals surface area contributed by atoms with Crippen molar-refractivity contribution in [1.29, 1.82) is 0 Å². The molecule has 10 heteroatoms. The van der Waals surface area contributed by atoms with Crippen molar-refractivity contribution in [2.24, 2.45) is 0 Å². The monoisotopic (exact) mass is 381 g/mol. The Bertz CT molecular complexity index is 604. The van der Waals surface area contributed by atoms with Crippen molar-refractivity contribution >= 4 is 24.8 Å². The molecule has 0 spiro atoms. The highest BCUT2D eigenvalue weighted by Gasteiger charge is 2.47. The van der Waals surface area contributed by atoms with Gasteiger partial charge in [0.05, 0.1) is 5.94 Å². The Kier molecular flexibility index (Phi) is 6.07. The standard InChI is InChI=1S/C17H29BN4O5/c1-2-12(17(25)21-9-3-4-14(21)18(26)27)20-15(23)13-8-6-10-5-7-11(19)16(24)22(10)13/h10-14,26-27H,2-9,19H2,1H3,(H,20,23)/p+1. The van der Waals surface area contributed by atoms with Gasteiger partial charge in [0.1, 0.15) is 12.1 Å². The number of carbonyl (C=O) groups is 3. The average molecular weight is 381 g/mol. The molecule has 3 saturated heterocycles. The van der Waals surface area contributed by atoms with Crippen LogP contribution in [0.5, 0.6) is 0 Å². The lowest BCUT2D eigenvalue weighted by molar-refractivity contribution is -0.410. The minimum absolute atomic E-state index is 0.0775. The molecule has 150 valence electrons. The predicted molar refractivity (Wildman–Crippen MR) is 96.7 cm³/mol. The fourth-order valence-corrected chi connectivity index (χ4v) is 4.67. The van der Waals surface area contributed by atoms with Crippen LogP contribution in [0.1, 0.15) is 51.9 Å². The van der Waals surface area contributed by atoms with Crippen LogP contribution in [0.25, 0.3) is 0 Å². The minimum Gasteiger partial charge on any atom is -0.426 e. The van der Waals surface area contributed by atoms with Crippen molar-refractivity contribution in [2.75, 3.05) is 6.54 Å². The molecule has 3 fully saturated rings. The number of hydrogen-bond acceptors (Lipinski definition) is 5. The topological polar surface area (TPSA) is 138 Å². The summed E-state index contributed by atoms with van der Waals surface area (Å²) in [5.41, 5.74) is 3.88. The fourth-order valence-electron chi connectivity index (χ4n) is 4.67. The number of carbonyl (C=O) groups excluding carboxylic acids is 3. The average Bonchev–Trinajstić information content (AvgIpc) is 3.29. The molecule has 3 rings (SSSR count). The first kappa shape index (κ1) is 20.1. The van der Waals surface area contributed by atoms with E-state index in [0.717, 1.165) is 19.3 Å². The van der Waals surface area contributed by atoms with E-state index in [1.807, 2.05) is 0 Å². The summed E-state index contributed by atoms with van der Waals surface area (Å²) in [6.45, 7) is 2.26. The molecule has 9 nitrogen and oxygen atoms in total. The summed E-state index contributed by atoms with van der Waals surface area (Å²) in [5, 5.41) is 21.8. The molecule has 0 saturated carbocycles. The molecule has 3 amide bonds. The molecule has 0 bridgehead atoms. The van der Waals surface area contributed by atoms with Crippen LogP contribution in [0.3, 0.4) is 0 Å². The van der Waals surface area contributed by atoms with Crippen LogP contribution in [0, 0.1) is 0 Å². The van der Waals surface area contributed by atoms with Gasteiger partial charge in [-0.3, -0.25) is 14.4 Å². The van der Waals surface area contributed by atoms with Gasteiger partial charge in [-0.15, -0.1) is 0 Å². The molecule has 5 unspecified atom stereocenters. The van der Waals surface area contributed by atoms with E-state index in [0.29, 0.717) is 32.2 Å². The third-order valence-electron chi connectivity index (χ3n) is 6.21. The number of nitrogens with zero attached hydrogens (tertiary/aromatic N) is 2. The van der Waals surface area contributed by atoms with Gasteiger partial charge in [-0.25, -0.2) is 0 Å². The van der Waals surface area contributed by atoms with Crippen LogP contribution in [0.2, 0.25) is 0 Å². The zero-order valence-electron chi connectivity index (χ0n) is 15.8. The maximum absolute atomic E-state index is 12.9. The summed E-state index contributed by atoms with van der Waals surface area (Å²) in [4.78, 5) is 41.3. The van der Waals surface area contributed by atoms with Crippen LogP contribution in [0.4, 0.5) is 0 Å². The number of fused-ring (bicyclic) bond motifs is 1. The second kappa shape index (κ2) is 8.16. The Morgan fingerprint density at radius 2 is 1.96 bits per heavy atom. The van der Waals surface area contributed by atoms with E-state index < -0.39 is 25.1 Å². The number of likely N-dealkylation sites (tertiary alicyclic amines) is 1. The van der Waals surface area contributed by atoms with Gasteiger partial charge in [0.25, 0.3) is 5.91 Å². The van der Waals surface area contributed by atoms with Gasteiger partial charge < -0.3 is 30.9 Å². The van der Waals surface area contributed by atoms with Crippen molar-refractivity contribution in [2.45, 2.75) is 82.0 Å². The van der Waals surface area contributed by atoms with Crippen molar-refractivity contribution in [3.8, 4) is 0 Å². The Hall–Kier alpha value is -1.65. The molecule has 27 heavy (non-hydrogen) atoms. The third-order valence-corrected chi connectivity index (χ3v) is 6.21. The Balaban J connectivity index is 1.66. The maximum atomic E-state index is 12.9. The summed E-state index contributed by atoms with van der Waals surface area (Å²) in [6.07, 6.45) is 4.65. The second-order valence-electron chi connectivity index (χ2n) is 7.89. The molecule has 0 radical (unpaired) electrons. The lowest BCUT2D eigenvalue weighted by Gasteiger charge is -2.35. The van der Waals surface area contributed by atoms with Crippen LogP contribution in [-0.2, 0) is 14.4 Å². The summed E-state index contributed by atoms with van der Waals surface area (Å²) in [6, 6.07) is -1.50. The summed E-state index contributed by atoms with van der Waals surface area (Å²) >= 11 is 0. The molecule has 0 aliphatic carbocycles. The van der Waals surface area contributed by atoms with E-state index in [4.69, 9.17) is 0 Å². The Morgan fingerprint density at radius 1 is 1.26 bits per heavy atom.